The predicted molar refractivity (Wildman–Crippen MR) is 95.2 cm³/mol. The van der Waals surface area contributed by atoms with Crippen LogP contribution in [0.25, 0.3) is 22.3 Å². The summed E-state index contributed by atoms with van der Waals surface area (Å²) < 4.78 is 13.3. The molecule has 3 aromatic rings. The van der Waals surface area contributed by atoms with Gasteiger partial charge in [0, 0.05) is 30.2 Å². The molecule has 1 aromatic carbocycles. The van der Waals surface area contributed by atoms with Gasteiger partial charge in [-0.2, -0.15) is 0 Å². The highest BCUT2D eigenvalue weighted by molar-refractivity contribution is 5.88. The summed E-state index contributed by atoms with van der Waals surface area (Å²) in [6, 6.07) is 10.8. The molecule has 3 heterocycles. The Morgan fingerprint density at radius 2 is 2.08 bits per heavy atom. The minimum Gasteiger partial charge on any atom is -0.339 e. The first kappa shape index (κ1) is 15.3. The number of hydrogen-bond acceptors (Lipinski definition) is 2. The molecule has 0 bridgehead atoms. The topological polar surface area (TPSA) is 31.9 Å². The molecular formula is C20H22FN3. The van der Waals surface area contributed by atoms with Crippen molar-refractivity contribution in [3.8, 4) is 11.3 Å². The molecule has 1 unspecified atom stereocenters. The molecule has 0 saturated carbocycles. The first-order valence-electron chi connectivity index (χ1n) is 8.64. The van der Waals surface area contributed by atoms with Crippen LogP contribution in [0, 0.1) is 11.7 Å². The van der Waals surface area contributed by atoms with Crippen molar-refractivity contribution in [3.63, 3.8) is 0 Å². The number of H-pyrrole nitrogens is 1. The van der Waals surface area contributed by atoms with Crippen LogP contribution < -0.4 is 0 Å². The molecule has 124 valence electrons. The van der Waals surface area contributed by atoms with Crippen molar-refractivity contribution in [1.29, 1.82) is 0 Å². The average molecular weight is 323 g/mol. The lowest BCUT2D eigenvalue weighted by atomic mass is 9.98. The monoisotopic (exact) mass is 323 g/mol. The third-order valence-electron chi connectivity index (χ3n) is 4.93. The van der Waals surface area contributed by atoms with E-state index < -0.39 is 0 Å². The highest BCUT2D eigenvalue weighted by Crippen LogP contribution is 2.31. The van der Waals surface area contributed by atoms with Crippen molar-refractivity contribution >= 4 is 11.0 Å². The maximum absolute atomic E-state index is 13.3. The van der Waals surface area contributed by atoms with E-state index in [1.165, 1.54) is 30.5 Å². The number of hydrogen-bond donors (Lipinski definition) is 1. The lowest BCUT2D eigenvalue weighted by molar-refractivity contribution is 0.177. The Morgan fingerprint density at radius 1 is 1.25 bits per heavy atom. The number of nitrogens with one attached hydrogen (secondary N) is 1. The minimum atomic E-state index is -0.209. The number of halogens is 1. The fourth-order valence-electron chi connectivity index (χ4n) is 3.76. The predicted octanol–water partition coefficient (Wildman–Crippen LogP) is 4.60. The molecule has 1 aliphatic heterocycles. The summed E-state index contributed by atoms with van der Waals surface area (Å²) in [5.41, 5.74) is 4.23. The number of likely N-dealkylation sites (tertiary alicyclic amines) is 1. The van der Waals surface area contributed by atoms with Crippen molar-refractivity contribution in [2.75, 3.05) is 13.1 Å². The van der Waals surface area contributed by atoms with Gasteiger partial charge in [0.05, 0.1) is 5.69 Å². The van der Waals surface area contributed by atoms with Gasteiger partial charge in [-0.3, -0.25) is 4.90 Å². The van der Waals surface area contributed by atoms with Gasteiger partial charge in [-0.15, -0.1) is 0 Å². The molecule has 3 nitrogen and oxygen atoms in total. The van der Waals surface area contributed by atoms with Crippen LogP contribution in [0.4, 0.5) is 4.39 Å². The molecule has 1 saturated heterocycles. The van der Waals surface area contributed by atoms with Gasteiger partial charge in [0.1, 0.15) is 11.5 Å². The number of fused-ring (bicyclic) bond motifs is 1. The molecule has 1 N–H and O–H groups in total. The first-order chi connectivity index (χ1) is 11.7. The van der Waals surface area contributed by atoms with Crippen LogP contribution in [0.1, 0.15) is 25.3 Å². The van der Waals surface area contributed by atoms with Crippen molar-refractivity contribution in [3.05, 3.63) is 54.0 Å². The number of aromatic nitrogens is 2. The standard InChI is InChI=1S/C20H22FN3/c1-14-4-3-11-24(12-14)13-18-17-5-2-10-22-20(17)23-19(18)15-6-8-16(21)9-7-15/h2,5-10,14H,3-4,11-13H2,1H3,(H,22,23). The lowest BCUT2D eigenvalue weighted by Gasteiger charge is -2.31. The Kier molecular flexibility index (Phi) is 4.07. The van der Waals surface area contributed by atoms with E-state index in [9.17, 15) is 4.39 Å². The van der Waals surface area contributed by atoms with Gasteiger partial charge >= 0.3 is 0 Å². The summed E-state index contributed by atoms with van der Waals surface area (Å²) in [5, 5.41) is 1.16. The Balaban J connectivity index is 1.76. The molecule has 24 heavy (non-hydrogen) atoms. The molecular weight excluding hydrogens is 301 g/mol. The molecule has 0 spiro atoms. The number of piperidine rings is 1. The normalized spacial score (nSPS) is 19.0. The quantitative estimate of drug-likeness (QED) is 0.764. The third-order valence-corrected chi connectivity index (χ3v) is 4.93. The van der Waals surface area contributed by atoms with E-state index in [4.69, 9.17) is 0 Å². The van der Waals surface area contributed by atoms with Gasteiger partial charge in [-0.1, -0.05) is 6.92 Å². The highest BCUT2D eigenvalue weighted by Gasteiger charge is 2.20. The molecule has 0 radical (unpaired) electrons. The van der Waals surface area contributed by atoms with Gasteiger partial charge in [0.15, 0.2) is 0 Å². The van der Waals surface area contributed by atoms with Crippen molar-refractivity contribution in [2.45, 2.75) is 26.3 Å². The number of rotatable bonds is 3. The second kappa shape index (κ2) is 6.36. The Morgan fingerprint density at radius 3 is 2.88 bits per heavy atom. The molecule has 0 amide bonds. The molecule has 1 fully saturated rings. The SMILES string of the molecule is CC1CCCN(Cc2c(-c3ccc(F)cc3)[nH]c3ncccc23)C1. The maximum Gasteiger partial charge on any atom is 0.138 e. The summed E-state index contributed by atoms with van der Waals surface area (Å²) in [6.45, 7) is 5.50. The van der Waals surface area contributed by atoms with Crippen molar-refractivity contribution < 1.29 is 4.39 Å². The summed E-state index contributed by atoms with van der Waals surface area (Å²) in [6.07, 6.45) is 4.38. The summed E-state index contributed by atoms with van der Waals surface area (Å²) in [7, 11) is 0. The number of nitrogens with zero attached hydrogens (tertiary/aromatic N) is 2. The van der Waals surface area contributed by atoms with Crippen LogP contribution in [0.2, 0.25) is 0 Å². The lowest BCUT2D eigenvalue weighted by Crippen LogP contribution is -2.33. The number of pyridine rings is 1. The summed E-state index contributed by atoms with van der Waals surface area (Å²) >= 11 is 0. The van der Waals surface area contributed by atoms with Crippen LogP contribution in [0.3, 0.4) is 0 Å². The Hall–Kier alpha value is -2.20. The highest BCUT2D eigenvalue weighted by atomic mass is 19.1. The molecule has 0 aliphatic carbocycles. The van der Waals surface area contributed by atoms with E-state index in [0.29, 0.717) is 0 Å². The van der Waals surface area contributed by atoms with Crippen LogP contribution in [0.15, 0.2) is 42.6 Å². The zero-order valence-corrected chi connectivity index (χ0v) is 13.9. The van der Waals surface area contributed by atoms with E-state index in [-0.39, 0.29) is 5.82 Å². The zero-order valence-electron chi connectivity index (χ0n) is 13.9. The number of benzene rings is 1. The van der Waals surface area contributed by atoms with Gasteiger partial charge in [-0.05, 0) is 67.3 Å². The van der Waals surface area contributed by atoms with E-state index in [0.717, 1.165) is 47.8 Å². The average Bonchev–Trinajstić information content (AvgIpc) is 2.94. The first-order valence-corrected chi connectivity index (χ1v) is 8.64. The van der Waals surface area contributed by atoms with Gasteiger partial charge in [0.2, 0.25) is 0 Å². The summed E-state index contributed by atoms with van der Waals surface area (Å²) in [5.74, 6) is 0.538. The molecule has 4 heteroatoms. The van der Waals surface area contributed by atoms with Crippen LogP contribution in [-0.4, -0.2) is 28.0 Å². The van der Waals surface area contributed by atoms with Crippen LogP contribution >= 0.6 is 0 Å². The van der Waals surface area contributed by atoms with E-state index in [1.807, 2.05) is 18.2 Å². The molecule has 2 aromatic heterocycles. The second-order valence-corrected chi connectivity index (χ2v) is 6.87. The number of aromatic amines is 1. The van der Waals surface area contributed by atoms with Gasteiger partial charge in [-0.25, -0.2) is 9.37 Å². The van der Waals surface area contributed by atoms with E-state index >= 15 is 0 Å². The fourth-order valence-corrected chi connectivity index (χ4v) is 3.76. The van der Waals surface area contributed by atoms with E-state index in [2.05, 4.69) is 27.9 Å². The van der Waals surface area contributed by atoms with Crippen LogP contribution in [0.5, 0.6) is 0 Å². The Bertz CT molecular complexity index is 838. The summed E-state index contributed by atoms with van der Waals surface area (Å²) in [4.78, 5) is 10.4. The molecule has 1 aliphatic rings. The van der Waals surface area contributed by atoms with Crippen LogP contribution in [-0.2, 0) is 6.54 Å². The maximum atomic E-state index is 13.3. The van der Waals surface area contributed by atoms with Gasteiger partial charge < -0.3 is 4.98 Å². The van der Waals surface area contributed by atoms with Gasteiger partial charge in [0.25, 0.3) is 0 Å². The van der Waals surface area contributed by atoms with E-state index in [1.54, 1.807) is 6.20 Å². The molecule has 4 rings (SSSR count). The largest absolute Gasteiger partial charge is 0.339 e. The van der Waals surface area contributed by atoms with Crippen molar-refractivity contribution in [1.82, 2.24) is 14.9 Å². The smallest absolute Gasteiger partial charge is 0.138 e. The zero-order chi connectivity index (χ0) is 16.5. The third kappa shape index (κ3) is 2.94. The Labute approximate surface area is 141 Å². The fraction of sp³-hybridized carbons (Fsp3) is 0.350. The van der Waals surface area contributed by atoms with Crippen molar-refractivity contribution in [2.24, 2.45) is 5.92 Å². The second-order valence-electron chi connectivity index (χ2n) is 6.87. The molecule has 1 atom stereocenters. The minimum absolute atomic E-state index is 0.209.